The molecule has 4 rings (SSSR count). The van der Waals surface area contributed by atoms with Crippen molar-refractivity contribution in [1.29, 1.82) is 5.26 Å². The van der Waals surface area contributed by atoms with E-state index in [2.05, 4.69) is 35.1 Å². The van der Waals surface area contributed by atoms with Crippen LogP contribution in [0.2, 0.25) is 10.0 Å². The number of hydrogen-bond acceptors (Lipinski definition) is 9. The summed E-state index contributed by atoms with van der Waals surface area (Å²) in [7, 11) is 2.97. The van der Waals surface area contributed by atoms with Gasteiger partial charge in [0.1, 0.15) is 28.8 Å². The van der Waals surface area contributed by atoms with Gasteiger partial charge in [-0.25, -0.2) is 4.98 Å². The van der Waals surface area contributed by atoms with E-state index in [0.717, 1.165) is 0 Å². The number of hydrogen-bond donors (Lipinski definition) is 1. The molecule has 1 aliphatic rings. The Morgan fingerprint density at radius 1 is 1.04 bits per heavy atom. The number of carbonyl (C=O) groups is 1. The van der Waals surface area contributed by atoms with Crippen LogP contribution in [0.5, 0.6) is 11.5 Å². The number of piperazine rings is 1. The van der Waals surface area contributed by atoms with E-state index in [4.69, 9.17) is 37.7 Å². The van der Waals surface area contributed by atoms with Gasteiger partial charge in [0.15, 0.2) is 0 Å². The Balaban J connectivity index is 1.69. The fraction of sp³-hybridized carbons (Fsp3) is 0.500. The first kappa shape index (κ1) is 36.0. The zero-order chi connectivity index (χ0) is 34.7. The minimum absolute atomic E-state index is 0.171. The topological polar surface area (TPSA) is 126 Å². The van der Waals surface area contributed by atoms with E-state index < -0.39 is 5.41 Å². The summed E-state index contributed by atoms with van der Waals surface area (Å²) in [4.78, 5) is 40.7. The molecule has 1 N–H and O–H groups in total. The Morgan fingerprint density at radius 2 is 1.66 bits per heavy atom. The second-order valence-corrected chi connectivity index (χ2v) is 14.3. The fourth-order valence-corrected chi connectivity index (χ4v) is 6.49. The third-order valence-corrected chi connectivity index (χ3v) is 8.58. The summed E-state index contributed by atoms with van der Waals surface area (Å²) < 4.78 is 12.6. The molecule has 0 spiro atoms. The van der Waals surface area contributed by atoms with Gasteiger partial charge in [0, 0.05) is 69.0 Å². The SMILES string of the molecule is CCNc1ncc2cc(-c3c(Cl)c(OC)cc(OC)c3Cl)c(=O)n(CC(C)(C)CN3CCN(C(=O)C(C#N)=CC(C)(C)C)CC3)c2n1. The minimum Gasteiger partial charge on any atom is -0.495 e. The summed E-state index contributed by atoms with van der Waals surface area (Å²) in [6.07, 6.45) is 3.40. The van der Waals surface area contributed by atoms with Crippen molar-refractivity contribution in [1.82, 2.24) is 24.3 Å². The number of aromatic nitrogens is 3. The van der Waals surface area contributed by atoms with Gasteiger partial charge in [-0.3, -0.25) is 19.1 Å². The molecule has 2 aromatic heterocycles. The number of ether oxygens (including phenoxy) is 2. The summed E-state index contributed by atoms with van der Waals surface area (Å²) in [6, 6.07) is 5.36. The van der Waals surface area contributed by atoms with Crippen molar-refractivity contribution in [3.05, 3.63) is 50.4 Å². The van der Waals surface area contributed by atoms with Crippen molar-refractivity contribution in [2.24, 2.45) is 10.8 Å². The average molecular weight is 685 g/mol. The molecule has 1 saturated heterocycles. The molecule has 1 fully saturated rings. The third-order valence-electron chi connectivity index (χ3n) is 7.83. The molecule has 0 aliphatic carbocycles. The monoisotopic (exact) mass is 683 g/mol. The van der Waals surface area contributed by atoms with Crippen molar-refractivity contribution in [2.45, 2.75) is 48.1 Å². The molecule has 3 heterocycles. The zero-order valence-corrected chi connectivity index (χ0v) is 29.8. The highest BCUT2D eigenvalue weighted by molar-refractivity contribution is 6.41. The van der Waals surface area contributed by atoms with Gasteiger partial charge in [-0.1, -0.05) is 63.9 Å². The van der Waals surface area contributed by atoms with Crippen molar-refractivity contribution in [2.75, 3.05) is 58.8 Å². The van der Waals surface area contributed by atoms with Crippen LogP contribution in [-0.2, 0) is 11.3 Å². The number of carbonyl (C=O) groups excluding carboxylic acids is 1. The van der Waals surface area contributed by atoms with Gasteiger partial charge in [-0.05, 0) is 23.8 Å². The first-order valence-corrected chi connectivity index (χ1v) is 16.3. The lowest BCUT2D eigenvalue weighted by Crippen LogP contribution is -2.51. The van der Waals surface area contributed by atoms with Crippen LogP contribution in [0.15, 0.2) is 34.8 Å². The van der Waals surface area contributed by atoms with Crippen molar-refractivity contribution in [3.63, 3.8) is 0 Å². The van der Waals surface area contributed by atoms with E-state index in [1.165, 1.54) is 14.2 Å². The Morgan fingerprint density at radius 3 is 2.19 bits per heavy atom. The Hall–Kier alpha value is -3.85. The van der Waals surface area contributed by atoms with Gasteiger partial charge in [0.25, 0.3) is 11.5 Å². The van der Waals surface area contributed by atoms with Gasteiger partial charge < -0.3 is 19.7 Å². The summed E-state index contributed by atoms with van der Waals surface area (Å²) in [5.41, 5.74) is 0.209. The second-order valence-electron chi connectivity index (χ2n) is 13.5. The van der Waals surface area contributed by atoms with E-state index >= 15 is 0 Å². The predicted octanol–water partition coefficient (Wildman–Crippen LogP) is 5.88. The first-order valence-electron chi connectivity index (χ1n) is 15.5. The molecule has 1 aromatic carbocycles. The molecule has 0 bridgehead atoms. The number of rotatable bonds is 10. The maximum absolute atomic E-state index is 14.4. The molecule has 11 nitrogen and oxygen atoms in total. The van der Waals surface area contributed by atoms with Gasteiger partial charge in [-0.15, -0.1) is 0 Å². The van der Waals surface area contributed by atoms with E-state index in [-0.39, 0.29) is 38.1 Å². The molecule has 1 amide bonds. The van der Waals surface area contributed by atoms with Crippen LogP contribution in [0.4, 0.5) is 5.95 Å². The Labute approximate surface area is 286 Å². The third kappa shape index (κ3) is 8.18. The van der Waals surface area contributed by atoms with Crippen molar-refractivity contribution in [3.8, 4) is 28.7 Å². The number of amides is 1. The maximum atomic E-state index is 14.4. The smallest absolute Gasteiger partial charge is 0.264 e. The number of pyridine rings is 1. The van der Waals surface area contributed by atoms with Crippen molar-refractivity contribution < 1.29 is 14.3 Å². The second kappa shape index (κ2) is 14.5. The lowest BCUT2D eigenvalue weighted by atomic mass is 9.91. The van der Waals surface area contributed by atoms with Gasteiger partial charge in [-0.2, -0.15) is 10.2 Å². The Bertz CT molecular complexity index is 1750. The van der Waals surface area contributed by atoms with E-state index in [9.17, 15) is 14.9 Å². The maximum Gasteiger partial charge on any atom is 0.264 e. The number of fused-ring (bicyclic) bond motifs is 1. The molecule has 47 heavy (non-hydrogen) atoms. The normalized spacial score (nSPS) is 14.7. The lowest BCUT2D eigenvalue weighted by Gasteiger charge is -2.39. The average Bonchev–Trinajstić information content (AvgIpc) is 3.01. The molecule has 13 heteroatoms. The Kier molecular flexibility index (Phi) is 11.1. The number of allylic oxidation sites excluding steroid dienone is 1. The molecule has 0 saturated carbocycles. The summed E-state index contributed by atoms with van der Waals surface area (Å²) in [5, 5.41) is 13.8. The number of nitrogens with zero attached hydrogens (tertiary/aromatic N) is 6. The van der Waals surface area contributed by atoms with Crippen LogP contribution in [0.25, 0.3) is 22.2 Å². The molecule has 0 unspecified atom stereocenters. The molecule has 0 atom stereocenters. The fourth-order valence-electron chi connectivity index (χ4n) is 5.79. The standard InChI is InChI=1S/C34H43Cl2N7O4/c1-9-38-32-39-18-21-14-23(26-27(35)24(46-7)15-25(47-8)28(26)36)31(45)43(29(21)40-32)20-34(5,6)19-41-10-12-42(13-11-41)30(44)22(17-37)16-33(2,3)4/h14-16,18H,9-13,19-20H2,1-8H3,(H,38,39,40). The van der Waals surface area contributed by atoms with Crippen LogP contribution < -0.4 is 20.3 Å². The summed E-state index contributed by atoms with van der Waals surface area (Å²) in [6.45, 7) is 15.9. The number of anilines is 1. The number of nitrogens with one attached hydrogen (secondary N) is 1. The summed E-state index contributed by atoms with van der Waals surface area (Å²) >= 11 is 13.5. The molecule has 1 aliphatic heterocycles. The molecule has 252 valence electrons. The van der Waals surface area contributed by atoms with Crippen LogP contribution >= 0.6 is 23.2 Å². The molecular weight excluding hydrogens is 641 g/mol. The quantitative estimate of drug-likeness (QED) is 0.206. The highest BCUT2D eigenvalue weighted by Gasteiger charge is 2.31. The van der Waals surface area contributed by atoms with E-state index in [1.807, 2.05) is 27.7 Å². The van der Waals surface area contributed by atoms with Crippen LogP contribution in [0.3, 0.4) is 0 Å². The predicted molar refractivity (Wildman–Crippen MR) is 186 cm³/mol. The first-order chi connectivity index (χ1) is 22.1. The number of benzene rings is 1. The highest BCUT2D eigenvalue weighted by Crippen LogP contribution is 2.45. The molecule has 0 radical (unpaired) electrons. The van der Waals surface area contributed by atoms with E-state index in [0.29, 0.717) is 79.9 Å². The van der Waals surface area contributed by atoms with Crippen molar-refractivity contribution >= 4 is 46.1 Å². The zero-order valence-electron chi connectivity index (χ0n) is 28.3. The highest BCUT2D eigenvalue weighted by atomic mass is 35.5. The minimum atomic E-state index is -0.408. The van der Waals surface area contributed by atoms with Crippen LogP contribution in [0, 0.1) is 22.2 Å². The van der Waals surface area contributed by atoms with Gasteiger partial charge >= 0.3 is 0 Å². The lowest BCUT2D eigenvalue weighted by molar-refractivity contribution is -0.128. The summed E-state index contributed by atoms with van der Waals surface area (Å²) in [5.74, 6) is 0.817. The van der Waals surface area contributed by atoms with E-state index in [1.54, 1.807) is 33.9 Å². The number of methoxy groups -OCH3 is 2. The number of halogens is 2. The molecular formula is C34H43Cl2N7O4. The van der Waals surface area contributed by atoms with Crippen LogP contribution in [-0.4, -0.2) is 83.7 Å². The van der Waals surface area contributed by atoms with Gasteiger partial charge in [0.05, 0.1) is 29.8 Å². The largest absolute Gasteiger partial charge is 0.495 e. The van der Waals surface area contributed by atoms with Crippen LogP contribution in [0.1, 0.15) is 41.5 Å². The van der Waals surface area contributed by atoms with Gasteiger partial charge in [0.2, 0.25) is 5.95 Å². The number of nitriles is 1. The molecule has 3 aromatic rings.